The second-order valence-corrected chi connectivity index (χ2v) is 23.0. The Balaban J connectivity index is 1.44. The summed E-state index contributed by atoms with van der Waals surface area (Å²) in [5, 5.41) is 158. The van der Waals surface area contributed by atoms with Crippen LogP contribution in [-0.4, -0.2) is 261 Å². The van der Waals surface area contributed by atoms with E-state index in [9.17, 15) is 81.1 Å². The lowest BCUT2D eigenvalue weighted by Crippen LogP contribution is -2.69. The molecule has 24 heteroatoms. The molecular formula is C59H95N3O21. The average molecular weight is 1180 g/mol. The first-order valence-electron chi connectivity index (χ1n) is 29.1. The second-order valence-electron chi connectivity index (χ2n) is 23.0. The van der Waals surface area contributed by atoms with Gasteiger partial charge >= 0.3 is 5.97 Å². The van der Waals surface area contributed by atoms with E-state index in [1.165, 1.54) is 6.92 Å². The monoisotopic (exact) mass is 1180 g/mol. The molecule has 5 aliphatic heterocycles. The molecule has 0 saturated carbocycles. The van der Waals surface area contributed by atoms with Crippen molar-refractivity contribution >= 4 is 11.9 Å². The van der Waals surface area contributed by atoms with E-state index in [1.807, 2.05) is 19.9 Å². The number of piperazine rings is 1. The number of allylic oxidation sites excluding steroid dienone is 12. The number of hydrogen-bond donors (Lipinski definition) is 15. The third-order valence-corrected chi connectivity index (χ3v) is 16.4. The normalized spacial score (nSPS) is 45.2. The van der Waals surface area contributed by atoms with E-state index in [0.717, 1.165) is 6.54 Å². The third-order valence-electron chi connectivity index (χ3n) is 16.4. The molecule has 0 aliphatic carbocycles. The van der Waals surface area contributed by atoms with E-state index >= 15 is 0 Å². The number of carbonyl (C=O) groups excluding carboxylic acids is 2. The number of likely N-dealkylation sites (N-methyl/N-ethyl adjacent to an activating group) is 1. The zero-order valence-corrected chi connectivity index (χ0v) is 48.3. The zero-order valence-electron chi connectivity index (χ0n) is 48.3. The van der Waals surface area contributed by atoms with Crippen LogP contribution in [0.2, 0.25) is 0 Å². The highest BCUT2D eigenvalue weighted by Gasteiger charge is 2.53. The molecule has 0 aromatic rings. The average Bonchev–Trinajstić information content (AvgIpc) is 3.06. The molecule has 23 atom stereocenters. The molecule has 24 nitrogen and oxygen atoms in total. The van der Waals surface area contributed by atoms with Crippen molar-refractivity contribution in [2.75, 3.05) is 45.9 Å². The number of rotatable bonds is 7. The molecule has 0 radical (unpaired) electrons. The van der Waals surface area contributed by atoms with E-state index in [1.54, 1.807) is 97.7 Å². The van der Waals surface area contributed by atoms with Gasteiger partial charge < -0.3 is 110 Å². The van der Waals surface area contributed by atoms with Crippen LogP contribution in [0.4, 0.5) is 0 Å². The molecule has 0 aromatic carbocycles. The van der Waals surface area contributed by atoms with Gasteiger partial charge in [-0.3, -0.25) is 9.59 Å². The van der Waals surface area contributed by atoms with Crippen molar-refractivity contribution in [3.63, 3.8) is 0 Å². The lowest BCUT2D eigenvalue weighted by Gasteiger charge is -2.48. The quantitative estimate of drug-likeness (QED) is 0.125. The number of aliphatic hydroxyl groups excluding tert-OH is 12. The fraction of sp³-hybridized carbons (Fsp3) is 0.729. The lowest BCUT2D eigenvalue weighted by molar-refractivity contribution is -0.323. The largest absolute Gasteiger partial charge is 0.462 e. The minimum Gasteiger partial charge on any atom is -0.462 e. The number of nitrogens with zero attached hydrogens (tertiary/aromatic N) is 2. The number of cyclic esters (lactones) is 1. The first kappa shape index (κ1) is 70.1. The summed E-state index contributed by atoms with van der Waals surface area (Å²) in [6.45, 7) is 10.0. The Bertz CT molecular complexity index is 2190. The molecular weight excluding hydrogens is 1090 g/mol. The molecule has 0 aromatic heterocycles. The van der Waals surface area contributed by atoms with Crippen LogP contribution in [0.1, 0.15) is 86.0 Å². The van der Waals surface area contributed by atoms with E-state index < -0.39 is 184 Å². The molecule has 15 N–H and O–H groups in total. The molecule has 0 spiro atoms. The summed E-state index contributed by atoms with van der Waals surface area (Å²) in [6.07, 6.45) is -2.61. The number of amides is 1. The van der Waals surface area contributed by atoms with Crippen molar-refractivity contribution in [2.24, 2.45) is 17.8 Å². The molecule has 1 amide bonds. The SMILES string of the molecule is CCN1CCN(C(=O)C2C3C[C@@H](O[C@@H]4O[C@H](C)[C@@H](O)[C@H](NC[C@@]5(O)OC[C@@H](O)[C@@H](O)[C@@H]5O)[C@@H]4O)/C=C/C=C/C=C/C=C/C=C/C=C/C=C\[C@H](C)[C@@H](O)C(C)[C@H](C)OC(=O)C[C@H](O)C[C@H](O)CC[C@H](O)[C@H](O)C[C@H](O)C[C@](O)(C[C@@H]2O)O3)CC1. The van der Waals surface area contributed by atoms with Crippen molar-refractivity contribution in [1.29, 1.82) is 0 Å². The smallest absolute Gasteiger partial charge is 0.308 e. The van der Waals surface area contributed by atoms with Crippen LogP contribution >= 0.6 is 0 Å². The highest BCUT2D eigenvalue weighted by atomic mass is 16.7. The fourth-order valence-electron chi connectivity index (χ4n) is 11.0. The molecule has 2 bridgehead atoms. The van der Waals surface area contributed by atoms with Crippen LogP contribution in [0.3, 0.4) is 0 Å². The summed E-state index contributed by atoms with van der Waals surface area (Å²) < 4.78 is 29.6. The summed E-state index contributed by atoms with van der Waals surface area (Å²) in [5.74, 6) is -8.11. The number of ether oxygens (including phenoxy) is 5. The van der Waals surface area contributed by atoms with Crippen LogP contribution in [0.15, 0.2) is 85.1 Å². The Morgan fingerprint density at radius 3 is 1.87 bits per heavy atom. The van der Waals surface area contributed by atoms with Gasteiger partial charge in [-0.2, -0.15) is 0 Å². The molecule has 5 heterocycles. The van der Waals surface area contributed by atoms with Gasteiger partial charge in [0.15, 0.2) is 12.1 Å². The van der Waals surface area contributed by atoms with Gasteiger partial charge in [0.25, 0.3) is 0 Å². The molecule has 5 aliphatic rings. The van der Waals surface area contributed by atoms with Gasteiger partial charge in [0.1, 0.15) is 30.5 Å². The number of carbonyl (C=O) groups is 2. The Kier molecular flexibility index (Phi) is 28.2. The molecule has 4 saturated heterocycles. The van der Waals surface area contributed by atoms with Gasteiger partial charge in [0.05, 0.1) is 98.7 Å². The predicted molar refractivity (Wildman–Crippen MR) is 301 cm³/mol. The van der Waals surface area contributed by atoms with Crippen molar-refractivity contribution < 1.29 is 105 Å². The maximum absolute atomic E-state index is 14.6. The van der Waals surface area contributed by atoms with Crippen LogP contribution in [-0.2, 0) is 33.3 Å². The van der Waals surface area contributed by atoms with Gasteiger partial charge in [-0.25, -0.2) is 0 Å². The first-order valence-corrected chi connectivity index (χ1v) is 29.1. The van der Waals surface area contributed by atoms with Gasteiger partial charge in [-0.1, -0.05) is 106 Å². The van der Waals surface area contributed by atoms with Crippen LogP contribution < -0.4 is 5.32 Å². The maximum atomic E-state index is 14.6. The first-order chi connectivity index (χ1) is 39.3. The number of esters is 1. The lowest BCUT2D eigenvalue weighted by atomic mass is 9.81. The number of aliphatic hydroxyl groups is 14. The van der Waals surface area contributed by atoms with Gasteiger partial charge in [0.2, 0.25) is 11.7 Å². The van der Waals surface area contributed by atoms with Crippen molar-refractivity contribution in [1.82, 2.24) is 15.1 Å². The second kappa shape index (κ2) is 33.4. The van der Waals surface area contributed by atoms with Crippen molar-refractivity contribution in [2.45, 2.75) is 208 Å². The van der Waals surface area contributed by atoms with E-state index in [2.05, 4.69) is 10.2 Å². The van der Waals surface area contributed by atoms with Crippen molar-refractivity contribution in [3.8, 4) is 0 Å². The third kappa shape index (κ3) is 21.0. The van der Waals surface area contributed by atoms with Crippen LogP contribution in [0.5, 0.6) is 0 Å². The standard InChI is InChI=1S/C59H95N3O21/c1-6-61-23-25-62(26-24-61)56(76)49-45(68)32-58(77)31-41(65)28-44(67)43(66)22-21-39(63)27-40(64)29-48(70)80-37(4)36(3)51(71)35(2)19-17-15-13-11-9-7-8-10-12-14-16-18-20-42(30-47(49)83-58)82-57-54(74)50(52(72)38(5)81-57)60-34-59(78)55(75)53(73)46(69)33-79-59/h7-20,35-47,49-55,57,60,63-69,71-75,77-78H,6,21-34H2,1-5H3/b8-7+,11-9+,12-10+,15-13+,16-14+,19-17-,20-18+/t35-,36?,37-,38+,39+,40+,41-,42-,43-,44+,45-,46+,47?,49?,50-,51+,52+,53+,54-,55-,57-,58+,59+/m0/s1. The summed E-state index contributed by atoms with van der Waals surface area (Å²) in [5.41, 5.74) is 0. The van der Waals surface area contributed by atoms with E-state index in [-0.39, 0.29) is 31.6 Å². The zero-order chi connectivity index (χ0) is 61.2. The highest BCUT2D eigenvalue weighted by molar-refractivity contribution is 5.80. The summed E-state index contributed by atoms with van der Waals surface area (Å²) >= 11 is 0. The van der Waals surface area contributed by atoms with Crippen LogP contribution in [0, 0.1) is 17.8 Å². The Morgan fingerprint density at radius 1 is 0.651 bits per heavy atom. The summed E-state index contributed by atoms with van der Waals surface area (Å²) in [7, 11) is 0. The number of fused-ring (bicyclic) bond motifs is 2. The van der Waals surface area contributed by atoms with Crippen LogP contribution in [0.25, 0.3) is 0 Å². The Morgan fingerprint density at radius 2 is 1.25 bits per heavy atom. The number of hydrogen-bond acceptors (Lipinski definition) is 23. The molecule has 83 heavy (non-hydrogen) atoms. The van der Waals surface area contributed by atoms with Gasteiger partial charge in [-0.05, 0) is 39.7 Å². The molecule has 3 unspecified atom stereocenters. The number of nitrogens with one attached hydrogen (secondary N) is 1. The topological polar surface area (TPSA) is 382 Å². The Hall–Kier alpha value is -3.68. The predicted octanol–water partition coefficient (Wildman–Crippen LogP) is -1.78. The molecule has 472 valence electrons. The van der Waals surface area contributed by atoms with Crippen molar-refractivity contribution in [3.05, 3.63) is 85.1 Å². The van der Waals surface area contributed by atoms with Gasteiger partial charge in [-0.15, -0.1) is 0 Å². The minimum absolute atomic E-state index is 0.124. The van der Waals surface area contributed by atoms with Gasteiger partial charge in [0, 0.05) is 63.7 Å². The fourth-order valence-corrected chi connectivity index (χ4v) is 11.0. The maximum Gasteiger partial charge on any atom is 0.308 e. The van der Waals surface area contributed by atoms with E-state index in [0.29, 0.717) is 26.2 Å². The minimum atomic E-state index is -2.46. The van der Waals surface area contributed by atoms with E-state index in [4.69, 9.17) is 23.7 Å². The highest BCUT2D eigenvalue weighted by Crippen LogP contribution is 2.39. The molecule has 5 rings (SSSR count). The summed E-state index contributed by atoms with van der Waals surface area (Å²) in [6, 6.07) is -1.34. The molecule has 4 fully saturated rings. The Labute approximate surface area is 486 Å². The summed E-state index contributed by atoms with van der Waals surface area (Å²) in [4.78, 5) is 31.1.